The van der Waals surface area contributed by atoms with Gasteiger partial charge in [0.2, 0.25) is 0 Å². The standard InChI is InChI=1S/C14H18N2O3/c1-4-15-13(18)11-6-10(9(3)17)7-12(8-11)14(19)16-5-2/h6-8H,4-5H2,1-3H3,(H,15,18)(H,16,19). The second-order valence-electron chi connectivity index (χ2n) is 4.07. The molecule has 0 saturated carbocycles. The summed E-state index contributed by atoms with van der Waals surface area (Å²) < 4.78 is 0. The third-order valence-electron chi connectivity index (χ3n) is 2.54. The number of Topliss-reactive ketones (excluding diaryl/α,β-unsaturated/α-hetero) is 1. The van der Waals surface area contributed by atoms with Crippen LogP contribution in [-0.4, -0.2) is 30.7 Å². The average molecular weight is 262 g/mol. The minimum Gasteiger partial charge on any atom is -0.352 e. The predicted molar refractivity (Wildman–Crippen MR) is 72.5 cm³/mol. The van der Waals surface area contributed by atoms with Gasteiger partial charge >= 0.3 is 0 Å². The summed E-state index contributed by atoms with van der Waals surface area (Å²) in [5, 5.41) is 5.29. The molecule has 0 atom stereocenters. The van der Waals surface area contributed by atoms with Crippen molar-refractivity contribution in [1.29, 1.82) is 0 Å². The van der Waals surface area contributed by atoms with E-state index < -0.39 is 0 Å². The molecule has 1 aromatic carbocycles. The molecule has 0 bridgehead atoms. The zero-order valence-corrected chi connectivity index (χ0v) is 11.4. The summed E-state index contributed by atoms with van der Waals surface area (Å²) in [6, 6.07) is 4.48. The van der Waals surface area contributed by atoms with Gasteiger partial charge in [-0.15, -0.1) is 0 Å². The summed E-state index contributed by atoms with van der Waals surface area (Å²) in [4.78, 5) is 35.0. The highest BCUT2D eigenvalue weighted by molar-refractivity contribution is 6.04. The van der Waals surface area contributed by atoms with E-state index in [0.29, 0.717) is 29.8 Å². The first-order valence-electron chi connectivity index (χ1n) is 6.22. The predicted octanol–water partition coefficient (Wildman–Crippen LogP) is 1.39. The first kappa shape index (κ1) is 14.9. The number of carbonyl (C=O) groups is 3. The molecule has 0 aromatic heterocycles. The SMILES string of the molecule is CCNC(=O)c1cc(C(C)=O)cc(C(=O)NCC)c1. The third kappa shape index (κ3) is 3.91. The zero-order valence-electron chi connectivity index (χ0n) is 11.4. The lowest BCUT2D eigenvalue weighted by Gasteiger charge is -2.08. The maximum absolute atomic E-state index is 11.8. The van der Waals surface area contributed by atoms with Crippen molar-refractivity contribution in [1.82, 2.24) is 10.6 Å². The second-order valence-corrected chi connectivity index (χ2v) is 4.07. The Labute approximate surface area is 112 Å². The van der Waals surface area contributed by atoms with Gasteiger partial charge < -0.3 is 10.6 Å². The Morgan fingerprint density at radius 1 is 0.842 bits per heavy atom. The first-order chi connectivity index (χ1) is 8.99. The topological polar surface area (TPSA) is 75.3 Å². The molecule has 102 valence electrons. The molecule has 2 amide bonds. The number of benzene rings is 1. The van der Waals surface area contributed by atoms with Crippen LogP contribution >= 0.6 is 0 Å². The van der Waals surface area contributed by atoms with Gasteiger partial charge in [0, 0.05) is 29.8 Å². The molecule has 1 rings (SSSR count). The Kier molecular flexibility index (Phi) is 5.23. The van der Waals surface area contributed by atoms with Crippen molar-refractivity contribution in [3.05, 3.63) is 34.9 Å². The van der Waals surface area contributed by atoms with Crippen LogP contribution in [0.25, 0.3) is 0 Å². The van der Waals surface area contributed by atoms with E-state index in [0.717, 1.165) is 0 Å². The second kappa shape index (κ2) is 6.68. The van der Waals surface area contributed by atoms with Gasteiger partial charge in [0.15, 0.2) is 5.78 Å². The fourth-order valence-corrected chi connectivity index (χ4v) is 1.62. The molecule has 2 N–H and O–H groups in total. The van der Waals surface area contributed by atoms with Crippen LogP contribution in [-0.2, 0) is 0 Å². The normalized spacial score (nSPS) is 9.84. The monoisotopic (exact) mass is 262 g/mol. The van der Waals surface area contributed by atoms with Gasteiger partial charge in [-0.3, -0.25) is 14.4 Å². The van der Waals surface area contributed by atoms with Crippen molar-refractivity contribution in [3.63, 3.8) is 0 Å². The van der Waals surface area contributed by atoms with E-state index in [9.17, 15) is 14.4 Å². The summed E-state index contributed by atoms with van der Waals surface area (Å²) >= 11 is 0. The number of hydrogen-bond acceptors (Lipinski definition) is 3. The summed E-state index contributed by atoms with van der Waals surface area (Å²) in [6.45, 7) is 5.98. The maximum Gasteiger partial charge on any atom is 0.251 e. The number of nitrogens with one attached hydrogen (secondary N) is 2. The molecule has 0 aliphatic heterocycles. The van der Waals surface area contributed by atoms with Crippen LogP contribution < -0.4 is 10.6 Å². The molecule has 1 aromatic rings. The van der Waals surface area contributed by atoms with Crippen LogP contribution in [0.2, 0.25) is 0 Å². The van der Waals surface area contributed by atoms with Gasteiger partial charge in [-0.2, -0.15) is 0 Å². The molecule has 5 nitrogen and oxygen atoms in total. The van der Waals surface area contributed by atoms with Crippen molar-refractivity contribution in [3.8, 4) is 0 Å². The Hall–Kier alpha value is -2.17. The largest absolute Gasteiger partial charge is 0.352 e. The van der Waals surface area contributed by atoms with E-state index in [-0.39, 0.29) is 17.6 Å². The minimum atomic E-state index is -0.295. The molecule has 0 spiro atoms. The average Bonchev–Trinajstić information content (AvgIpc) is 2.38. The number of ketones is 1. The fraction of sp³-hybridized carbons (Fsp3) is 0.357. The summed E-state index contributed by atoms with van der Waals surface area (Å²) in [6.07, 6.45) is 0. The molecular weight excluding hydrogens is 244 g/mol. The van der Waals surface area contributed by atoms with E-state index in [1.54, 1.807) is 13.8 Å². The molecule has 0 aliphatic rings. The van der Waals surface area contributed by atoms with Gasteiger partial charge in [0.25, 0.3) is 11.8 Å². The van der Waals surface area contributed by atoms with Gasteiger partial charge in [-0.1, -0.05) is 0 Å². The van der Waals surface area contributed by atoms with Crippen molar-refractivity contribution < 1.29 is 14.4 Å². The third-order valence-corrected chi connectivity index (χ3v) is 2.54. The Morgan fingerprint density at radius 3 is 1.53 bits per heavy atom. The van der Waals surface area contributed by atoms with Crippen molar-refractivity contribution in [2.24, 2.45) is 0 Å². The lowest BCUT2D eigenvalue weighted by atomic mass is 10.0. The van der Waals surface area contributed by atoms with Crippen LogP contribution in [0.3, 0.4) is 0 Å². The maximum atomic E-state index is 11.8. The van der Waals surface area contributed by atoms with Crippen molar-refractivity contribution in [2.45, 2.75) is 20.8 Å². The number of rotatable bonds is 5. The minimum absolute atomic E-state index is 0.184. The van der Waals surface area contributed by atoms with Gasteiger partial charge in [-0.25, -0.2) is 0 Å². The molecule has 0 unspecified atom stereocenters. The smallest absolute Gasteiger partial charge is 0.251 e. The van der Waals surface area contributed by atoms with Crippen LogP contribution in [0.1, 0.15) is 51.8 Å². The first-order valence-corrected chi connectivity index (χ1v) is 6.22. The Balaban J connectivity index is 3.21. The van der Waals surface area contributed by atoms with E-state index in [1.807, 2.05) is 0 Å². The lowest BCUT2D eigenvalue weighted by molar-refractivity contribution is 0.0955. The van der Waals surface area contributed by atoms with E-state index in [1.165, 1.54) is 25.1 Å². The molecule has 0 saturated heterocycles. The molecule has 0 heterocycles. The highest BCUT2D eigenvalue weighted by Gasteiger charge is 2.13. The van der Waals surface area contributed by atoms with Gasteiger partial charge in [0.05, 0.1) is 0 Å². The van der Waals surface area contributed by atoms with E-state index >= 15 is 0 Å². The van der Waals surface area contributed by atoms with Crippen molar-refractivity contribution >= 4 is 17.6 Å². The molecule has 19 heavy (non-hydrogen) atoms. The van der Waals surface area contributed by atoms with Crippen LogP contribution in [0.5, 0.6) is 0 Å². The molecule has 0 radical (unpaired) electrons. The van der Waals surface area contributed by atoms with Gasteiger partial charge in [0.1, 0.15) is 0 Å². The number of amides is 2. The van der Waals surface area contributed by atoms with Crippen LogP contribution in [0.15, 0.2) is 18.2 Å². The summed E-state index contributed by atoms with van der Waals surface area (Å²) in [5.74, 6) is -0.774. The Bertz CT molecular complexity index is 473. The molecule has 0 fully saturated rings. The van der Waals surface area contributed by atoms with Crippen LogP contribution in [0, 0.1) is 0 Å². The quantitative estimate of drug-likeness (QED) is 0.787. The number of carbonyl (C=O) groups excluding carboxylic acids is 3. The molecular formula is C14H18N2O3. The summed E-state index contributed by atoms with van der Waals surface area (Å²) in [5.41, 5.74) is 0.983. The van der Waals surface area contributed by atoms with Crippen LogP contribution in [0.4, 0.5) is 0 Å². The van der Waals surface area contributed by atoms with E-state index in [2.05, 4.69) is 10.6 Å². The van der Waals surface area contributed by atoms with E-state index in [4.69, 9.17) is 0 Å². The molecule has 5 heteroatoms. The zero-order chi connectivity index (χ0) is 14.4. The molecule has 0 aliphatic carbocycles. The summed E-state index contributed by atoms with van der Waals surface area (Å²) in [7, 11) is 0. The van der Waals surface area contributed by atoms with Crippen molar-refractivity contribution in [2.75, 3.05) is 13.1 Å². The highest BCUT2D eigenvalue weighted by atomic mass is 16.2. The van der Waals surface area contributed by atoms with Gasteiger partial charge in [-0.05, 0) is 39.0 Å². The highest BCUT2D eigenvalue weighted by Crippen LogP contribution is 2.11. The lowest BCUT2D eigenvalue weighted by Crippen LogP contribution is -2.26. The Morgan fingerprint density at radius 2 is 1.21 bits per heavy atom. The number of hydrogen-bond donors (Lipinski definition) is 2. The fourth-order valence-electron chi connectivity index (χ4n) is 1.62.